The lowest BCUT2D eigenvalue weighted by atomic mass is 9.45. The Hall–Kier alpha value is -1.97. The number of hydrogen-bond donors (Lipinski definition) is 1. The zero-order valence-corrected chi connectivity index (χ0v) is 20.7. The monoisotopic (exact) mass is 494 g/mol. The van der Waals surface area contributed by atoms with Gasteiger partial charge in [0.1, 0.15) is 5.83 Å². The number of aliphatic hydroxyl groups excluding tert-OH is 1. The minimum absolute atomic E-state index is 0.0823. The standard InChI is InChI=1S/C26H32F2O7/c1-13(29)33-12-20(32)26-21(34-22(2,3)35-26)10-15-16-9-18(27)17-8-14(30)6-7-23(17,4)25(16,28)19(31)11-24(15,26)5/h6-7,15-16,19,21,31H,8-12H2,1-5H3/t15?,16?,19?,21-,23?,24?,25+,26-/m1/s1. The Morgan fingerprint density at radius 2 is 1.91 bits per heavy atom. The molecule has 1 aliphatic heterocycles. The fourth-order valence-corrected chi connectivity index (χ4v) is 8.05. The van der Waals surface area contributed by atoms with E-state index in [-0.39, 0.29) is 37.0 Å². The van der Waals surface area contributed by atoms with Crippen LogP contribution in [-0.4, -0.2) is 58.5 Å². The fourth-order valence-electron chi connectivity index (χ4n) is 8.05. The summed E-state index contributed by atoms with van der Waals surface area (Å²) in [5.41, 5.74) is -6.39. The second kappa shape index (κ2) is 7.29. The maximum atomic E-state index is 17.3. The predicted molar refractivity (Wildman–Crippen MR) is 118 cm³/mol. The molecular weight excluding hydrogens is 462 g/mol. The minimum atomic E-state index is -2.26. The summed E-state index contributed by atoms with van der Waals surface area (Å²) < 4.78 is 50.3. The van der Waals surface area contributed by atoms with Crippen LogP contribution in [0.25, 0.3) is 0 Å². The molecule has 0 amide bonds. The molecule has 1 heterocycles. The molecule has 192 valence electrons. The van der Waals surface area contributed by atoms with Crippen molar-refractivity contribution in [2.75, 3.05) is 6.61 Å². The Morgan fingerprint density at radius 1 is 1.23 bits per heavy atom. The molecule has 3 fully saturated rings. The van der Waals surface area contributed by atoms with Gasteiger partial charge in [0.2, 0.25) is 5.78 Å². The first kappa shape index (κ1) is 24.7. The summed E-state index contributed by atoms with van der Waals surface area (Å²) in [7, 11) is 0. The van der Waals surface area contributed by atoms with Crippen LogP contribution in [-0.2, 0) is 28.6 Å². The van der Waals surface area contributed by atoms with Crippen molar-refractivity contribution in [2.24, 2.45) is 22.7 Å². The highest BCUT2D eigenvalue weighted by atomic mass is 19.1. The Kier molecular flexibility index (Phi) is 5.15. The number of esters is 1. The van der Waals surface area contributed by atoms with E-state index in [0.29, 0.717) is 0 Å². The molecule has 0 aromatic carbocycles. The molecule has 35 heavy (non-hydrogen) atoms. The molecule has 0 aromatic rings. The van der Waals surface area contributed by atoms with Crippen molar-refractivity contribution in [3.63, 3.8) is 0 Å². The summed E-state index contributed by atoms with van der Waals surface area (Å²) in [6, 6.07) is 0. The molecule has 1 saturated heterocycles. The highest BCUT2D eigenvalue weighted by molar-refractivity contribution is 5.94. The van der Waals surface area contributed by atoms with E-state index in [0.717, 1.165) is 0 Å². The van der Waals surface area contributed by atoms with Crippen LogP contribution in [0.1, 0.15) is 60.3 Å². The van der Waals surface area contributed by atoms with Gasteiger partial charge in [0.15, 0.2) is 29.4 Å². The summed E-state index contributed by atoms with van der Waals surface area (Å²) in [6.45, 7) is 7.28. The average Bonchev–Trinajstić information content (AvgIpc) is 3.16. The van der Waals surface area contributed by atoms with Gasteiger partial charge in [-0.25, -0.2) is 8.78 Å². The number of rotatable bonds is 3. The summed E-state index contributed by atoms with van der Waals surface area (Å²) in [6.07, 6.45) is -0.125. The molecule has 4 aliphatic carbocycles. The van der Waals surface area contributed by atoms with E-state index in [2.05, 4.69) is 0 Å². The van der Waals surface area contributed by atoms with Gasteiger partial charge in [-0.3, -0.25) is 14.4 Å². The van der Waals surface area contributed by atoms with Crippen molar-refractivity contribution in [1.29, 1.82) is 0 Å². The molecule has 0 bridgehead atoms. The van der Waals surface area contributed by atoms with Crippen molar-refractivity contribution in [3.05, 3.63) is 23.6 Å². The van der Waals surface area contributed by atoms with Gasteiger partial charge in [0.25, 0.3) is 0 Å². The number of alkyl halides is 1. The molecular formula is C26H32F2O7. The van der Waals surface area contributed by atoms with Gasteiger partial charge in [0, 0.05) is 36.5 Å². The van der Waals surface area contributed by atoms with Crippen LogP contribution in [0.2, 0.25) is 0 Å². The Balaban J connectivity index is 1.63. The lowest BCUT2D eigenvalue weighted by Crippen LogP contribution is -2.70. The van der Waals surface area contributed by atoms with Crippen LogP contribution in [0, 0.1) is 22.7 Å². The number of Topliss-reactive ketones (excluding diaryl/α,β-unsaturated/α-hetero) is 1. The van der Waals surface area contributed by atoms with Crippen LogP contribution in [0.5, 0.6) is 0 Å². The maximum Gasteiger partial charge on any atom is 0.303 e. The quantitative estimate of drug-likeness (QED) is 0.601. The summed E-state index contributed by atoms with van der Waals surface area (Å²) in [5, 5.41) is 11.5. The van der Waals surface area contributed by atoms with E-state index >= 15 is 8.78 Å². The van der Waals surface area contributed by atoms with Gasteiger partial charge >= 0.3 is 5.97 Å². The minimum Gasteiger partial charge on any atom is -0.458 e. The summed E-state index contributed by atoms with van der Waals surface area (Å²) >= 11 is 0. The zero-order valence-electron chi connectivity index (χ0n) is 20.7. The first-order valence-electron chi connectivity index (χ1n) is 12.1. The first-order valence-corrected chi connectivity index (χ1v) is 12.1. The topological polar surface area (TPSA) is 99.1 Å². The van der Waals surface area contributed by atoms with Gasteiger partial charge in [-0.05, 0) is 51.2 Å². The number of ketones is 2. The summed E-state index contributed by atoms with van der Waals surface area (Å²) in [4.78, 5) is 37.1. The number of carbonyl (C=O) groups is 3. The largest absolute Gasteiger partial charge is 0.458 e. The van der Waals surface area contributed by atoms with Crippen LogP contribution in [0.4, 0.5) is 8.78 Å². The van der Waals surface area contributed by atoms with E-state index in [4.69, 9.17) is 14.2 Å². The highest BCUT2D eigenvalue weighted by Crippen LogP contribution is 2.72. The van der Waals surface area contributed by atoms with Crippen LogP contribution >= 0.6 is 0 Å². The number of halogens is 2. The van der Waals surface area contributed by atoms with Crippen LogP contribution in [0.3, 0.4) is 0 Å². The fraction of sp³-hybridized carbons (Fsp3) is 0.731. The Morgan fingerprint density at radius 3 is 2.57 bits per heavy atom. The number of fused-ring (bicyclic) bond motifs is 7. The van der Waals surface area contributed by atoms with Gasteiger partial charge < -0.3 is 19.3 Å². The van der Waals surface area contributed by atoms with E-state index in [1.807, 2.05) is 0 Å². The normalized spacial score (nSPS) is 47.6. The third-order valence-corrected chi connectivity index (χ3v) is 9.47. The van der Waals surface area contributed by atoms with Crippen molar-refractivity contribution in [2.45, 2.75) is 89.6 Å². The number of allylic oxidation sites excluding steroid dienone is 4. The van der Waals surface area contributed by atoms with Gasteiger partial charge in [-0.15, -0.1) is 0 Å². The lowest BCUT2D eigenvalue weighted by molar-refractivity contribution is -0.244. The molecule has 9 heteroatoms. The van der Waals surface area contributed by atoms with Crippen LogP contribution < -0.4 is 0 Å². The maximum absolute atomic E-state index is 17.3. The molecule has 0 aromatic heterocycles. The van der Waals surface area contributed by atoms with Gasteiger partial charge in [-0.2, -0.15) is 0 Å². The molecule has 1 N–H and O–H groups in total. The summed E-state index contributed by atoms with van der Waals surface area (Å²) in [5.74, 6) is -4.69. The van der Waals surface area contributed by atoms with E-state index < -0.39 is 76.1 Å². The lowest BCUT2D eigenvalue weighted by Gasteiger charge is -2.62. The van der Waals surface area contributed by atoms with E-state index in [9.17, 15) is 19.5 Å². The van der Waals surface area contributed by atoms with E-state index in [1.54, 1.807) is 20.8 Å². The number of ether oxygens (including phenoxy) is 3. The van der Waals surface area contributed by atoms with Crippen molar-refractivity contribution in [1.82, 2.24) is 0 Å². The van der Waals surface area contributed by atoms with Crippen molar-refractivity contribution >= 4 is 17.5 Å². The zero-order chi connectivity index (χ0) is 25.8. The van der Waals surface area contributed by atoms with Crippen LogP contribution in [0.15, 0.2) is 23.6 Å². The number of aliphatic hydroxyl groups is 1. The SMILES string of the molecule is CC(=O)OCC(=O)[C@@]12OC(C)(C)O[C@@H]1CC1C3CC(F)=C4CC(=O)C=CC4(C)[C@@]3(F)C(O)CC12C. The smallest absolute Gasteiger partial charge is 0.303 e. The molecule has 2 saturated carbocycles. The van der Waals surface area contributed by atoms with Gasteiger partial charge in [-0.1, -0.05) is 13.0 Å². The highest BCUT2D eigenvalue weighted by Gasteiger charge is 2.80. The molecule has 5 aliphatic rings. The average molecular weight is 495 g/mol. The molecule has 0 radical (unpaired) electrons. The second-order valence-corrected chi connectivity index (χ2v) is 11.7. The van der Waals surface area contributed by atoms with Crippen molar-refractivity contribution in [3.8, 4) is 0 Å². The molecule has 0 spiro atoms. The molecule has 5 unspecified atom stereocenters. The van der Waals surface area contributed by atoms with Crippen molar-refractivity contribution < 1.29 is 42.5 Å². The predicted octanol–water partition coefficient (Wildman–Crippen LogP) is 3.29. The second-order valence-electron chi connectivity index (χ2n) is 11.7. The number of carbonyl (C=O) groups excluding carboxylic acids is 3. The third kappa shape index (κ3) is 2.95. The Bertz CT molecular complexity index is 1080. The molecule has 8 atom stereocenters. The van der Waals surface area contributed by atoms with E-state index in [1.165, 1.54) is 26.0 Å². The first-order chi connectivity index (χ1) is 16.1. The molecule has 7 nitrogen and oxygen atoms in total. The third-order valence-electron chi connectivity index (χ3n) is 9.47. The Labute approximate surface area is 202 Å². The number of hydrogen-bond acceptors (Lipinski definition) is 7. The van der Waals surface area contributed by atoms with Gasteiger partial charge in [0.05, 0.1) is 12.2 Å². The molecule has 5 rings (SSSR count).